The lowest BCUT2D eigenvalue weighted by Crippen LogP contribution is -2.50. The number of carbonyl (C=O) groups is 1. The van der Waals surface area contributed by atoms with Crippen LogP contribution in [-0.4, -0.2) is 41.6 Å². The van der Waals surface area contributed by atoms with Gasteiger partial charge in [0.2, 0.25) is 5.91 Å². The Balaban J connectivity index is 1.46. The van der Waals surface area contributed by atoms with Gasteiger partial charge in [-0.2, -0.15) is 0 Å². The summed E-state index contributed by atoms with van der Waals surface area (Å²) < 4.78 is 6.53. The zero-order valence-electron chi connectivity index (χ0n) is 14.4. The highest BCUT2D eigenvalue weighted by molar-refractivity contribution is 6.33. The smallest absolute Gasteiger partial charge is 0.408 e. The molecular weight excluding hydrogens is 389 g/mol. The van der Waals surface area contributed by atoms with E-state index >= 15 is 0 Å². The average molecular weight is 406 g/mol. The van der Waals surface area contributed by atoms with Gasteiger partial charge in [0.25, 0.3) is 0 Å². The Morgan fingerprint density at radius 3 is 2.52 bits per heavy atom. The number of benzene rings is 2. The first-order valence-electron chi connectivity index (χ1n) is 8.59. The number of piperazine rings is 1. The third-order valence-electron chi connectivity index (χ3n) is 4.75. The van der Waals surface area contributed by atoms with E-state index in [1.165, 1.54) is 4.57 Å². The summed E-state index contributed by atoms with van der Waals surface area (Å²) in [6.45, 7) is 2.46. The maximum Gasteiger partial charge on any atom is 0.420 e. The van der Waals surface area contributed by atoms with Gasteiger partial charge in [-0.3, -0.25) is 9.36 Å². The summed E-state index contributed by atoms with van der Waals surface area (Å²) in [6, 6.07) is 12.6. The maximum atomic E-state index is 12.7. The lowest BCUT2D eigenvalue weighted by atomic mass is 10.2. The summed E-state index contributed by atoms with van der Waals surface area (Å²) in [6.07, 6.45) is 0. The number of halogens is 2. The van der Waals surface area contributed by atoms with Gasteiger partial charge in [-0.05, 0) is 24.3 Å². The molecule has 0 unspecified atom stereocenters. The second-order valence-corrected chi connectivity index (χ2v) is 7.23. The highest BCUT2D eigenvalue weighted by atomic mass is 35.5. The molecule has 3 aromatic rings. The van der Waals surface area contributed by atoms with Crippen molar-refractivity contribution >= 4 is 45.9 Å². The SMILES string of the molecule is O=C(Cn1c(=O)oc2cc(Cl)ccc21)N1CCN(c2ccccc2Cl)CC1. The molecule has 1 amide bonds. The van der Waals surface area contributed by atoms with Crippen molar-refractivity contribution in [3.8, 4) is 0 Å². The van der Waals surface area contributed by atoms with Crippen LogP contribution in [0.2, 0.25) is 10.0 Å². The van der Waals surface area contributed by atoms with Crippen LogP contribution in [0.3, 0.4) is 0 Å². The molecule has 4 rings (SSSR count). The molecule has 0 aliphatic carbocycles. The number of rotatable bonds is 3. The van der Waals surface area contributed by atoms with Crippen LogP contribution in [0.15, 0.2) is 51.7 Å². The van der Waals surface area contributed by atoms with Crippen LogP contribution in [0.5, 0.6) is 0 Å². The van der Waals surface area contributed by atoms with Gasteiger partial charge in [-0.25, -0.2) is 4.79 Å². The summed E-state index contributed by atoms with van der Waals surface area (Å²) in [5, 5.41) is 1.18. The molecule has 8 heteroatoms. The molecule has 2 aromatic carbocycles. The van der Waals surface area contributed by atoms with Gasteiger partial charge in [0.15, 0.2) is 5.58 Å². The quantitative estimate of drug-likeness (QED) is 0.670. The van der Waals surface area contributed by atoms with Crippen LogP contribution in [0.4, 0.5) is 5.69 Å². The first-order valence-corrected chi connectivity index (χ1v) is 9.34. The third-order valence-corrected chi connectivity index (χ3v) is 5.30. The Morgan fingerprint density at radius 2 is 1.78 bits per heavy atom. The van der Waals surface area contributed by atoms with Crippen molar-refractivity contribution in [3.63, 3.8) is 0 Å². The monoisotopic (exact) mass is 405 g/mol. The number of nitrogens with zero attached hydrogens (tertiary/aromatic N) is 3. The van der Waals surface area contributed by atoms with E-state index in [-0.39, 0.29) is 12.5 Å². The third kappa shape index (κ3) is 3.55. The fourth-order valence-electron chi connectivity index (χ4n) is 3.33. The van der Waals surface area contributed by atoms with Crippen molar-refractivity contribution in [3.05, 3.63) is 63.1 Å². The lowest BCUT2D eigenvalue weighted by Gasteiger charge is -2.36. The summed E-state index contributed by atoms with van der Waals surface area (Å²) >= 11 is 12.2. The summed E-state index contributed by atoms with van der Waals surface area (Å²) in [5.74, 6) is -0.677. The first kappa shape index (κ1) is 17.9. The summed E-state index contributed by atoms with van der Waals surface area (Å²) in [4.78, 5) is 28.7. The summed E-state index contributed by atoms with van der Waals surface area (Å²) in [5.41, 5.74) is 1.91. The standard InChI is InChI=1S/C19H17Cl2N3O3/c20-13-5-6-16-17(11-13)27-19(26)24(16)12-18(25)23-9-7-22(8-10-23)15-4-2-1-3-14(15)21/h1-6,11H,7-10,12H2. The van der Waals surface area contributed by atoms with E-state index in [4.69, 9.17) is 27.6 Å². The zero-order chi connectivity index (χ0) is 19.0. The molecule has 27 heavy (non-hydrogen) atoms. The number of hydrogen-bond donors (Lipinski definition) is 0. The van der Waals surface area contributed by atoms with Gasteiger partial charge in [0.1, 0.15) is 6.54 Å². The van der Waals surface area contributed by atoms with Gasteiger partial charge in [-0.1, -0.05) is 35.3 Å². The minimum absolute atomic E-state index is 0.0560. The van der Waals surface area contributed by atoms with Crippen molar-refractivity contribution in [2.24, 2.45) is 0 Å². The van der Waals surface area contributed by atoms with Crippen molar-refractivity contribution in [1.82, 2.24) is 9.47 Å². The van der Waals surface area contributed by atoms with E-state index < -0.39 is 5.76 Å². The number of oxazole rings is 1. The van der Waals surface area contributed by atoms with Gasteiger partial charge in [0.05, 0.1) is 16.2 Å². The van der Waals surface area contributed by atoms with E-state index in [0.717, 1.165) is 5.69 Å². The Kier molecular flexibility index (Phi) is 4.85. The molecule has 1 aromatic heterocycles. The average Bonchev–Trinajstić information content (AvgIpc) is 2.96. The molecule has 1 fully saturated rings. The van der Waals surface area contributed by atoms with Gasteiger partial charge < -0.3 is 14.2 Å². The molecular formula is C19H17Cl2N3O3. The van der Waals surface area contributed by atoms with Crippen LogP contribution in [0.25, 0.3) is 11.1 Å². The van der Waals surface area contributed by atoms with Crippen molar-refractivity contribution in [1.29, 1.82) is 0 Å². The summed E-state index contributed by atoms with van der Waals surface area (Å²) in [7, 11) is 0. The Bertz CT molecular complexity index is 1050. The van der Waals surface area contributed by atoms with Crippen LogP contribution >= 0.6 is 23.2 Å². The number of aromatic nitrogens is 1. The Labute approximate surface area is 165 Å². The van der Waals surface area contributed by atoms with Crippen molar-refractivity contribution in [2.45, 2.75) is 6.54 Å². The molecule has 0 spiro atoms. The predicted octanol–water partition coefficient (Wildman–Crippen LogP) is 3.25. The second-order valence-electron chi connectivity index (χ2n) is 6.39. The first-order chi connectivity index (χ1) is 13.0. The fraction of sp³-hybridized carbons (Fsp3) is 0.263. The van der Waals surface area contributed by atoms with Crippen molar-refractivity contribution in [2.75, 3.05) is 31.1 Å². The zero-order valence-corrected chi connectivity index (χ0v) is 15.9. The lowest BCUT2D eigenvalue weighted by molar-refractivity contribution is -0.132. The Hall–Kier alpha value is -2.44. The molecule has 2 heterocycles. The molecule has 1 aliphatic heterocycles. The second kappa shape index (κ2) is 7.29. The Morgan fingerprint density at radius 1 is 1.04 bits per heavy atom. The molecule has 6 nitrogen and oxygen atoms in total. The van der Waals surface area contributed by atoms with Gasteiger partial charge in [0, 0.05) is 37.3 Å². The number of amides is 1. The van der Waals surface area contributed by atoms with Crippen molar-refractivity contribution < 1.29 is 9.21 Å². The van der Waals surface area contributed by atoms with E-state index in [9.17, 15) is 9.59 Å². The van der Waals surface area contributed by atoms with E-state index in [1.807, 2.05) is 24.3 Å². The molecule has 140 valence electrons. The largest absolute Gasteiger partial charge is 0.420 e. The number of fused-ring (bicyclic) bond motifs is 1. The van der Waals surface area contributed by atoms with Gasteiger partial charge in [-0.15, -0.1) is 0 Å². The topological polar surface area (TPSA) is 58.7 Å². The maximum absolute atomic E-state index is 12.7. The van der Waals surface area contributed by atoms with E-state index in [1.54, 1.807) is 23.1 Å². The number of hydrogen-bond acceptors (Lipinski definition) is 4. The fourth-order valence-corrected chi connectivity index (χ4v) is 3.75. The highest BCUT2D eigenvalue weighted by Gasteiger charge is 2.23. The van der Waals surface area contributed by atoms with Crippen LogP contribution < -0.4 is 10.7 Å². The minimum atomic E-state index is -0.560. The van der Waals surface area contributed by atoms with Crippen LogP contribution in [0, 0.1) is 0 Å². The molecule has 0 atom stereocenters. The molecule has 1 aliphatic rings. The molecule has 0 saturated carbocycles. The number of para-hydroxylation sites is 1. The van der Waals surface area contributed by atoms with E-state index in [2.05, 4.69) is 4.90 Å². The highest BCUT2D eigenvalue weighted by Crippen LogP contribution is 2.26. The van der Waals surface area contributed by atoms with Gasteiger partial charge >= 0.3 is 5.76 Å². The number of carbonyl (C=O) groups excluding carboxylic acids is 1. The molecule has 1 saturated heterocycles. The van der Waals surface area contributed by atoms with Crippen LogP contribution in [0.1, 0.15) is 0 Å². The molecule has 0 N–H and O–H groups in total. The minimum Gasteiger partial charge on any atom is -0.408 e. The predicted molar refractivity (Wildman–Crippen MR) is 106 cm³/mol. The molecule has 0 bridgehead atoms. The normalized spacial score (nSPS) is 14.7. The van der Waals surface area contributed by atoms with Crippen LogP contribution in [-0.2, 0) is 11.3 Å². The number of anilines is 1. The van der Waals surface area contributed by atoms with E-state index in [0.29, 0.717) is 47.3 Å². The molecule has 0 radical (unpaired) electrons.